The lowest BCUT2D eigenvalue weighted by Gasteiger charge is -2.09. The topological polar surface area (TPSA) is 18.5 Å². The maximum Gasteiger partial charge on any atom is 0.130 e. The van der Waals surface area contributed by atoms with E-state index >= 15 is 0 Å². The fourth-order valence-corrected chi connectivity index (χ4v) is 1.79. The van der Waals surface area contributed by atoms with E-state index in [2.05, 4.69) is 0 Å². The summed E-state index contributed by atoms with van der Waals surface area (Å²) in [5.74, 6) is 1.60. The molecule has 2 aromatic carbocycles. The molecule has 0 aliphatic heterocycles. The van der Waals surface area contributed by atoms with E-state index in [9.17, 15) is 0 Å². The summed E-state index contributed by atoms with van der Waals surface area (Å²) in [6.45, 7) is 2.01. The van der Waals surface area contributed by atoms with Crippen molar-refractivity contribution in [2.45, 2.75) is 6.92 Å². The molecule has 2 nitrogen and oxygen atoms in total. The van der Waals surface area contributed by atoms with Crippen LogP contribution in [0.4, 0.5) is 0 Å². The highest BCUT2D eigenvalue weighted by atomic mass is 35.5. The van der Waals surface area contributed by atoms with Crippen molar-refractivity contribution in [3.05, 3.63) is 64.9 Å². The molecule has 0 saturated carbocycles. The molecule has 0 aliphatic carbocycles. The summed E-state index contributed by atoms with van der Waals surface area (Å²) < 4.78 is 10.7. The van der Waals surface area contributed by atoms with Gasteiger partial charge in [-0.15, -0.1) is 0 Å². The van der Waals surface area contributed by atoms with E-state index in [-0.39, 0.29) is 0 Å². The molecule has 0 aliphatic rings. The monoisotopic (exact) mass is 274 g/mol. The second kappa shape index (κ2) is 6.30. The van der Waals surface area contributed by atoms with Crippen LogP contribution in [0.3, 0.4) is 0 Å². The van der Waals surface area contributed by atoms with Gasteiger partial charge < -0.3 is 9.47 Å². The van der Waals surface area contributed by atoms with Crippen LogP contribution >= 0.6 is 11.6 Å². The highest BCUT2D eigenvalue weighted by Crippen LogP contribution is 2.27. The van der Waals surface area contributed by atoms with Crippen LogP contribution in [0.1, 0.15) is 11.1 Å². The second-order valence-electron chi connectivity index (χ2n) is 4.12. The summed E-state index contributed by atoms with van der Waals surface area (Å²) >= 11 is 5.84. The first kappa shape index (κ1) is 13.5. The fraction of sp³-hybridized carbons (Fsp3) is 0.125. The highest BCUT2D eigenvalue weighted by molar-refractivity contribution is 6.30. The molecule has 0 bridgehead atoms. The Bertz CT molecular complexity index is 574. The molecule has 0 N–H and O–H groups in total. The van der Waals surface area contributed by atoms with Crippen molar-refractivity contribution in [2.24, 2.45) is 0 Å². The maximum absolute atomic E-state index is 5.84. The summed E-state index contributed by atoms with van der Waals surface area (Å²) in [6, 6.07) is 13.3. The first-order chi connectivity index (χ1) is 9.19. The Balaban J connectivity index is 2.17. The first-order valence-corrected chi connectivity index (χ1v) is 6.30. The van der Waals surface area contributed by atoms with Crippen molar-refractivity contribution in [2.75, 3.05) is 7.11 Å². The fourth-order valence-electron chi connectivity index (χ4n) is 1.67. The SMILES string of the molecule is CO/C=C/c1ccc(Oc2ccc(Cl)cc2)c(C)c1. The average molecular weight is 275 g/mol. The molecular formula is C16H15ClO2. The first-order valence-electron chi connectivity index (χ1n) is 5.92. The van der Waals surface area contributed by atoms with E-state index in [1.165, 1.54) is 0 Å². The maximum atomic E-state index is 5.84. The number of rotatable bonds is 4. The predicted octanol–water partition coefficient (Wildman–Crippen LogP) is 5.06. The molecule has 0 fully saturated rings. The lowest BCUT2D eigenvalue weighted by Crippen LogP contribution is -1.88. The molecule has 98 valence electrons. The predicted molar refractivity (Wildman–Crippen MR) is 78.7 cm³/mol. The third-order valence-electron chi connectivity index (χ3n) is 2.64. The van der Waals surface area contributed by atoms with Gasteiger partial charge in [-0.25, -0.2) is 0 Å². The quantitative estimate of drug-likeness (QED) is 0.726. The lowest BCUT2D eigenvalue weighted by molar-refractivity contribution is 0.341. The minimum Gasteiger partial charge on any atom is -0.504 e. The second-order valence-corrected chi connectivity index (χ2v) is 4.56. The zero-order chi connectivity index (χ0) is 13.7. The minimum atomic E-state index is 0.698. The van der Waals surface area contributed by atoms with Crippen molar-refractivity contribution in [1.82, 2.24) is 0 Å². The average Bonchev–Trinajstić information content (AvgIpc) is 2.41. The van der Waals surface area contributed by atoms with Crippen LogP contribution in [0, 0.1) is 6.92 Å². The summed E-state index contributed by atoms with van der Waals surface area (Å²) in [5, 5.41) is 0.698. The Labute approximate surface area is 118 Å². The molecule has 0 aromatic heterocycles. The number of hydrogen-bond donors (Lipinski definition) is 0. The zero-order valence-electron chi connectivity index (χ0n) is 10.9. The molecule has 3 heteroatoms. The Morgan fingerprint density at radius 1 is 1.05 bits per heavy atom. The van der Waals surface area contributed by atoms with Gasteiger partial charge in [-0.2, -0.15) is 0 Å². The normalized spacial score (nSPS) is 10.7. The van der Waals surface area contributed by atoms with Gasteiger partial charge in [0.25, 0.3) is 0 Å². The van der Waals surface area contributed by atoms with Crippen LogP contribution < -0.4 is 4.74 Å². The smallest absolute Gasteiger partial charge is 0.130 e. The van der Waals surface area contributed by atoms with Crippen molar-refractivity contribution in [3.8, 4) is 11.5 Å². The van der Waals surface area contributed by atoms with Gasteiger partial charge in [0.2, 0.25) is 0 Å². The van der Waals surface area contributed by atoms with Crippen LogP contribution in [0.5, 0.6) is 11.5 Å². The van der Waals surface area contributed by atoms with Gasteiger partial charge in [0.15, 0.2) is 0 Å². The molecule has 0 spiro atoms. The van der Waals surface area contributed by atoms with Gasteiger partial charge in [-0.1, -0.05) is 17.7 Å². The van der Waals surface area contributed by atoms with Gasteiger partial charge in [0.05, 0.1) is 13.4 Å². The van der Waals surface area contributed by atoms with Crippen LogP contribution in [0.15, 0.2) is 48.7 Å². The van der Waals surface area contributed by atoms with Crippen LogP contribution in [0.25, 0.3) is 6.08 Å². The molecule has 0 radical (unpaired) electrons. The zero-order valence-corrected chi connectivity index (χ0v) is 11.6. The number of benzene rings is 2. The summed E-state index contributed by atoms with van der Waals surface area (Å²) in [6.07, 6.45) is 3.55. The molecule has 19 heavy (non-hydrogen) atoms. The molecule has 0 heterocycles. The van der Waals surface area contributed by atoms with Crippen molar-refractivity contribution >= 4 is 17.7 Å². The van der Waals surface area contributed by atoms with E-state index in [4.69, 9.17) is 21.1 Å². The van der Waals surface area contributed by atoms with Crippen LogP contribution in [-0.2, 0) is 4.74 Å². The molecule has 0 unspecified atom stereocenters. The third kappa shape index (κ3) is 3.76. The third-order valence-corrected chi connectivity index (χ3v) is 2.89. The number of ether oxygens (including phenoxy) is 2. The van der Waals surface area contributed by atoms with E-state index in [0.29, 0.717) is 5.02 Å². The molecular weight excluding hydrogens is 260 g/mol. The summed E-state index contributed by atoms with van der Waals surface area (Å²) in [4.78, 5) is 0. The molecule has 0 amide bonds. The van der Waals surface area contributed by atoms with E-state index in [1.54, 1.807) is 13.4 Å². The minimum absolute atomic E-state index is 0.698. The van der Waals surface area contributed by atoms with Crippen LogP contribution in [-0.4, -0.2) is 7.11 Å². The Morgan fingerprint density at radius 3 is 2.42 bits per heavy atom. The summed E-state index contributed by atoms with van der Waals surface area (Å²) in [7, 11) is 1.63. The van der Waals surface area contributed by atoms with E-state index < -0.39 is 0 Å². The standard InChI is InChI=1S/C16H15ClO2/c1-12-11-13(9-10-18-2)3-8-16(12)19-15-6-4-14(17)5-7-15/h3-11H,1-2H3/b10-9+. The van der Waals surface area contributed by atoms with Crippen LogP contribution in [0.2, 0.25) is 5.02 Å². The summed E-state index contributed by atoms with van der Waals surface area (Å²) in [5.41, 5.74) is 2.14. The van der Waals surface area contributed by atoms with Crippen molar-refractivity contribution < 1.29 is 9.47 Å². The van der Waals surface area contributed by atoms with Gasteiger partial charge in [0, 0.05) is 5.02 Å². The van der Waals surface area contributed by atoms with E-state index in [0.717, 1.165) is 22.6 Å². The van der Waals surface area contributed by atoms with Crippen molar-refractivity contribution in [3.63, 3.8) is 0 Å². The van der Waals surface area contributed by atoms with Gasteiger partial charge in [-0.05, 0) is 60.5 Å². The number of halogens is 1. The van der Waals surface area contributed by atoms with E-state index in [1.807, 2.05) is 55.5 Å². The lowest BCUT2D eigenvalue weighted by atomic mass is 10.1. The molecule has 0 saturated heterocycles. The van der Waals surface area contributed by atoms with Gasteiger partial charge in [0.1, 0.15) is 11.5 Å². The molecule has 2 aromatic rings. The van der Waals surface area contributed by atoms with Crippen molar-refractivity contribution in [1.29, 1.82) is 0 Å². The largest absolute Gasteiger partial charge is 0.504 e. The molecule has 2 rings (SSSR count). The van der Waals surface area contributed by atoms with Gasteiger partial charge in [-0.3, -0.25) is 0 Å². The highest BCUT2D eigenvalue weighted by Gasteiger charge is 2.02. The number of aryl methyl sites for hydroxylation is 1. The van der Waals surface area contributed by atoms with Gasteiger partial charge >= 0.3 is 0 Å². The number of hydrogen-bond acceptors (Lipinski definition) is 2. The Morgan fingerprint density at radius 2 is 1.79 bits per heavy atom. The number of methoxy groups -OCH3 is 1. The Hall–Kier alpha value is -1.93. The molecule has 0 atom stereocenters. The Kier molecular flexibility index (Phi) is 4.48.